The number of rotatable bonds is 4. The Morgan fingerprint density at radius 1 is 1.04 bits per heavy atom. The Labute approximate surface area is 134 Å². The van der Waals surface area contributed by atoms with Gasteiger partial charge in [-0.05, 0) is 24.5 Å². The number of nitrogens with zero attached hydrogens (tertiary/aromatic N) is 5. The zero-order valence-electron chi connectivity index (χ0n) is 13.3. The molecule has 0 amide bonds. The molecule has 3 heterocycles. The molecule has 2 N–H and O–H groups in total. The van der Waals surface area contributed by atoms with Crippen molar-refractivity contribution in [2.24, 2.45) is 5.92 Å². The standard InChI is InChI=1S/C16H18N6O/c1-10(2)16(3,14-21-9-23-22-14)12-4-5-13(18-8-12)11-6-19-15(17)20-7-11/h4-10H,1-3H3,(H2,17,19,20). The third-order valence-corrected chi connectivity index (χ3v) is 4.31. The topological polar surface area (TPSA) is 104 Å². The van der Waals surface area contributed by atoms with Crippen LogP contribution in [0.5, 0.6) is 0 Å². The van der Waals surface area contributed by atoms with Crippen molar-refractivity contribution < 1.29 is 4.52 Å². The highest BCUT2D eigenvalue weighted by molar-refractivity contribution is 5.57. The lowest BCUT2D eigenvalue weighted by atomic mass is 9.73. The second-order valence-corrected chi connectivity index (χ2v) is 5.87. The molecule has 7 heteroatoms. The third-order valence-electron chi connectivity index (χ3n) is 4.31. The molecule has 3 aromatic rings. The fraction of sp³-hybridized carbons (Fsp3) is 0.312. The second-order valence-electron chi connectivity index (χ2n) is 5.87. The van der Waals surface area contributed by atoms with Crippen molar-refractivity contribution >= 4 is 5.95 Å². The predicted octanol–water partition coefficient (Wildman–Crippen LogP) is 2.47. The van der Waals surface area contributed by atoms with Crippen molar-refractivity contribution in [1.29, 1.82) is 0 Å². The first-order chi connectivity index (χ1) is 11.0. The van der Waals surface area contributed by atoms with Crippen molar-refractivity contribution in [3.8, 4) is 11.3 Å². The number of hydrogen-bond donors (Lipinski definition) is 1. The maximum atomic E-state index is 5.51. The summed E-state index contributed by atoms with van der Waals surface area (Å²) in [5, 5.41) is 4.03. The zero-order valence-corrected chi connectivity index (χ0v) is 13.3. The molecule has 0 saturated heterocycles. The summed E-state index contributed by atoms with van der Waals surface area (Å²) in [5.41, 5.74) is 7.75. The lowest BCUT2D eigenvalue weighted by Gasteiger charge is -2.30. The van der Waals surface area contributed by atoms with Gasteiger partial charge >= 0.3 is 0 Å². The summed E-state index contributed by atoms with van der Waals surface area (Å²) in [6, 6.07) is 3.96. The van der Waals surface area contributed by atoms with Crippen LogP contribution in [0.4, 0.5) is 5.95 Å². The van der Waals surface area contributed by atoms with E-state index in [1.54, 1.807) is 12.4 Å². The molecule has 0 spiro atoms. The number of hydrogen-bond acceptors (Lipinski definition) is 7. The summed E-state index contributed by atoms with van der Waals surface area (Å²) in [7, 11) is 0. The zero-order chi connectivity index (χ0) is 16.4. The molecule has 0 radical (unpaired) electrons. The molecular formula is C16H18N6O. The first-order valence-corrected chi connectivity index (χ1v) is 7.33. The van der Waals surface area contributed by atoms with Gasteiger partial charge in [-0.1, -0.05) is 25.1 Å². The summed E-state index contributed by atoms with van der Waals surface area (Å²) < 4.78 is 4.93. The maximum absolute atomic E-state index is 5.51. The van der Waals surface area contributed by atoms with Crippen LogP contribution in [0.25, 0.3) is 11.3 Å². The lowest BCUT2D eigenvalue weighted by Crippen LogP contribution is -2.31. The van der Waals surface area contributed by atoms with Crippen molar-refractivity contribution in [1.82, 2.24) is 25.1 Å². The highest BCUT2D eigenvalue weighted by atomic mass is 16.5. The molecule has 23 heavy (non-hydrogen) atoms. The van der Waals surface area contributed by atoms with Gasteiger partial charge in [-0.15, -0.1) is 0 Å². The molecule has 7 nitrogen and oxygen atoms in total. The SMILES string of the molecule is CC(C)C(C)(c1ccc(-c2cnc(N)nc2)nc1)c1ncon1. The minimum atomic E-state index is -0.379. The van der Waals surface area contributed by atoms with E-state index >= 15 is 0 Å². The Morgan fingerprint density at radius 3 is 2.30 bits per heavy atom. The van der Waals surface area contributed by atoms with Crippen molar-refractivity contribution in [3.63, 3.8) is 0 Å². The molecule has 118 valence electrons. The van der Waals surface area contributed by atoms with E-state index in [1.165, 1.54) is 6.39 Å². The van der Waals surface area contributed by atoms with Gasteiger partial charge < -0.3 is 10.3 Å². The van der Waals surface area contributed by atoms with Crippen molar-refractivity contribution in [2.75, 3.05) is 5.73 Å². The van der Waals surface area contributed by atoms with Crippen LogP contribution >= 0.6 is 0 Å². The normalized spacial score (nSPS) is 13.9. The number of pyridine rings is 1. The smallest absolute Gasteiger partial charge is 0.219 e. The predicted molar refractivity (Wildman–Crippen MR) is 85.3 cm³/mol. The summed E-state index contributed by atoms with van der Waals surface area (Å²) in [6.45, 7) is 6.34. The molecule has 0 saturated carbocycles. The van der Waals surface area contributed by atoms with E-state index in [-0.39, 0.29) is 17.3 Å². The quantitative estimate of drug-likeness (QED) is 0.789. The van der Waals surface area contributed by atoms with Crippen LogP contribution in [-0.4, -0.2) is 25.1 Å². The monoisotopic (exact) mass is 310 g/mol. The Morgan fingerprint density at radius 2 is 1.78 bits per heavy atom. The van der Waals surface area contributed by atoms with E-state index < -0.39 is 0 Å². The fourth-order valence-electron chi connectivity index (χ4n) is 2.46. The van der Waals surface area contributed by atoms with Crippen LogP contribution in [0, 0.1) is 5.92 Å². The molecule has 1 unspecified atom stereocenters. The molecule has 0 aliphatic heterocycles. The van der Waals surface area contributed by atoms with Crippen LogP contribution in [0.15, 0.2) is 41.6 Å². The average molecular weight is 310 g/mol. The van der Waals surface area contributed by atoms with Gasteiger partial charge in [0.1, 0.15) is 0 Å². The second kappa shape index (κ2) is 5.75. The Kier molecular flexibility index (Phi) is 3.77. The minimum Gasteiger partial charge on any atom is -0.368 e. The first-order valence-electron chi connectivity index (χ1n) is 7.33. The summed E-state index contributed by atoms with van der Waals surface area (Å²) in [4.78, 5) is 16.7. The first kappa shape index (κ1) is 15.1. The van der Waals surface area contributed by atoms with Crippen molar-refractivity contribution in [2.45, 2.75) is 26.2 Å². The van der Waals surface area contributed by atoms with E-state index in [4.69, 9.17) is 10.3 Å². The molecule has 0 aromatic carbocycles. The van der Waals surface area contributed by atoms with Crippen LogP contribution in [0.2, 0.25) is 0 Å². The highest BCUT2D eigenvalue weighted by Crippen LogP contribution is 2.37. The van der Waals surface area contributed by atoms with Gasteiger partial charge in [-0.2, -0.15) is 4.98 Å². The van der Waals surface area contributed by atoms with E-state index in [2.05, 4.69) is 45.9 Å². The maximum Gasteiger partial charge on any atom is 0.219 e. The molecule has 3 aromatic heterocycles. The van der Waals surface area contributed by atoms with Gasteiger partial charge in [0.25, 0.3) is 0 Å². The highest BCUT2D eigenvalue weighted by Gasteiger charge is 2.37. The Balaban J connectivity index is 1.99. The van der Waals surface area contributed by atoms with Crippen LogP contribution in [-0.2, 0) is 5.41 Å². The molecular weight excluding hydrogens is 292 g/mol. The van der Waals surface area contributed by atoms with Gasteiger partial charge in [-0.3, -0.25) is 4.98 Å². The minimum absolute atomic E-state index is 0.245. The number of aromatic nitrogens is 5. The van der Waals surface area contributed by atoms with Crippen LogP contribution in [0.3, 0.4) is 0 Å². The molecule has 0 aliphatic carbocycles. The largest absolute Gasteiger partial charge is 0.368 e. The van der Waals surface area contributed by atoms with Gasteiger partial charge in [-0.25, -0.2) is 9.97 Å². The molecule has 0 aliphatic rings. The van der Waals surface area contributed by atoms with Crippen molar-refractivity contribution in [3.05, 3.63) is 48.5 Å². The summed E-state index contributed by atoms with van der Waals surface area (Å²) in [6.07, 6.45) is 6.50. The number of nitrogens with two attached hydrogens (primary N) is 1. The molecule has 0 bridgehead atoms. The van der Waals surface area contributed by atoms with E-state index in [1.807, 2.05) is 18.3 Å². The van der Waals surface area contributed by atoms with Gasteiger partial charge in [0.15, 0.2) is 5.82 Å². The third kappa shape index (κ3) is 2.65. The lowest BCUT2D eigenvalue weighted by molar-refractivity contribution is 0.347. The summed E-state index contributed by atoms with van der Waals surface area (Å²) >= 11 is 0. The van der Waals surface area contributed by atoms with Gasteiger partial charge in [0, 0.05) is 24.2 Å². The van der Waals surface area contributed by atoms with E-state index in [9.17, 15) is 0 Å². The van der Waals surface area contributed by atoms with Gasteiger partial charge in [0.2, 0.25) is 12.3 Å². The van der Waals surface area contributed by atoms with E-state index in [0.29, 0.717) is 5.82 Å². The Bertz CT molecular complexity index is 767. The summed E-state index contributed by atoms with van der Waals surface area (Å²) in [5.74, 6) is 1.17. The van der Waals surface area contributed by atoms with Gasteiger partial charge in [0.05, 0.1) is 11.1 Å². The molecule has 3 rings (SSSR count). The Hall–Kier alpha value is -2.83. The molecule has 1 atom stereocenters. The number of anilines is 1. The average Bonchev–Trinajstić information content (AvgIpc) is 3.10. The molecule has 0 fully saturated rings. The van der Waals surface area contributed by atoms with E-state index in [0.717, 1.165) is 16.8 Å². The van der Waals surface area contributed by atoms with Crippen LogP contribution in [0.1, 0.15) is 32.2 Å². The fourth-order valence-corrected chi connectivity index (χ4v) is 2.46. The number of nitrogen functional groups attached to an aromatic ring is 1. The van der Waals surface area contributed by atoms with Crippen LogP contribution < -0.4 is 5.73 Å².